The van der Waals surface area contributed by atoms with Gasteiger partial charge in [-0.05, 0) is 45.7 Å². The van der Waals surface area contributed by atoms with Crippen LogP contribution in [-0.2, 0) is 4.74 Å². The number of benzene rings is 1. The van der Waals surface area contributed by atoms with Gasteiger partial charge in [0.1, 0.15) is 5.82 Å². The Bertz CT molecular complexity index is 941. The zero-order valence-electron chi connectivity index (χ0n) is 18.5. The van der Waals surface area contributed by atoms with E-state index in [1.165, 1.54) is 0 Å². The summed E-state index contributed by atoms with van der Waals surface area (Å²) in [6, 6.07) is 5.91. The number of amides is 1. The van der Waals surface area contributed by atoms with Crippen LogP contribution < -0.4 is 22.1 Å². The topological polar surface area (TPSA) is 141 Å². The van der Waals surface area contributed by atoms with E-state index in [4.69, 9.17) is 16.2 Å². The standard InChI is InChI=1S/C22H33N7O2/c1-13(2)31-11-10-25-21(30)20-26-16-9-8-14(3)12-15(16)19(29-20)27-17-6-4-5-7-18(17)28-22(23)24/h8-9,12-13,17-18H,4-7,10-11H2,1-3H3,(H,25,30)(H4,23,24,28)(H,26,27,29)/t17-,18+/m0/s1. The maximum atomic E-state index is 12.7. The third kappa shape index (κ3) is 6.27. The number of aryl methyl sites for hydroxylation is 1. The quantitative estimate of drug-likeness (QED) is 0.287. The van der Waals surface area contributed by atoms with E-state index in [1.54, 1.807) is 0 Å². The van der Waals surface area contributed by atoms with Crippen molar-refractivity contribution in [3.8, 4) is 0 Å². The molecule has 1 saturated carbocycles. The van der Waals surface area contributed by atoms with Gasteiger partial charge in [0.25, 0.3) is 5.91 Å². The van der Waals surface area contributed by atoms with Gasteiger partial charge in [0.2, 0.25) is 5.82 Å². The van der Waals surface area contributed by atoms with Crippen molar-refractivity contribution < 1.29 is 9.53 Å². The Labute approximate surface area is 183 Å². The Morgan fingerprint density at radius 3 is 2.77 bits per heavy atom. The lowest BCUT2D eigenvalue weighted by atomic mass is 9.90. The summed E-state index contributed by atoms with van der Waals surface area (Å²) in [5.41, 5.74) is 13.1. The lowest BCUT2D eigenvalue weighted by molar-refractivity contribution is 0.0743. The minimum atomic E-state index is -0.331. The second-order valence-electron chi connectivity index (χ2n) is 8.25. The number of hydrogen-bond donors (Lipinski definition) is 4. The summed E-state index contributed by atoms with van der Waals surface area (Å²) in [5, 5.41) is 7.20. The molecule has 0 radical (unpaired) electrons. The van der Waals surface area contributed by atoms with Crippen LogP contribution in [-0.4, -0.2) is 53.2 Å². The molecule has 31 heavy (non-hydrogen) atoms. The van der Waals surface area contributed by atoms with Gasteiger partial charge < -0.3 is 26.8 Å². The fourth-order valence-electron chi connectivity index (χ4n) is 3.79. The summed E-state index contributed by atoms with van der Waals surface area (Å²) in [5.74, 6) is 0.505. The van der Waals surface area contributed by atoms with Gasteiger partial charge in [-0.3, -0.25) is 4.79 Å². The maximum Gasteiger partial charge on any atom is 0.289 e. The van der Waals surface area contributed by atoms with Crippen LogP contribution in [0.4, 0.5) is 5.82 Å². The minimum absolute atomic E-state index is 0.0287. The van der Waals surface area contributed by atoms with Gasteiger partial charge in [0.15, 0.2) is 5.96 Å². The van der Waals surface area contributed by atoms with Gasteiger partial charge in [-0.15, -0.1) is 0 Å². The Kier molecular flexibility index (Phi) is 7.62. The first-order valence-electron chi connectivity index (χ1n) is 10.9. The van der Waals surface area contributed by atoms with Gasteiger partial charge in [-0.2, -0.15) is 0 Å². The molecule has 0 aliphatic heterocycles. The molecule has 1 aromatic carbocycles. The number of rotatable bonds is 8. The molecular formula is C22H33N7O2. The molecule has 1 heterocycles. The number of fused-ring (bicyclic) bond motifs is 1. The molecule has 1 aliphatic rings. The zero-order valence-corrected chi connectivity index (χ0v) is 18.5. The molecule has 0 spiro atoms. The molecule has 2 atom stereocenters. The van der Waals surface area contributed by atoms with Crippen LogP contribution in [0.1, 0.15) is 55.7 Å². The number of aliphatic imine (C=N–C) groups is 1. The van der Waals surface area contributed by atoms with Gasteiger partial charge in [0, 0.05) is 11.9 Å². The predicted molar refractivity (Wildman–Crippen MR) is 123 cm³/mol. The lowest BCUT2D eigenvalue weighted by Gasteiger charge is -2.30. The first-order valence-corrected chi connectivity index (χ1v) is 10.9. The third-order valence-electron chi connectivity index (χ3n) is 5.26. The number of nitrogens with one attached hydrogen (secondary N) is 2. The number of guanidine groups is 1. The number of anilines is 1. The van der Waals surface area contributed by atoms with E-state index in [9.17, 15) is 4.79 Å². The van der Waals surface area contributed by atoms with Crippen LogP contribution in [0, 0.1) is 6.92 Å². The Morgan fingerprint density at radius 2 is 2.03 bits per heavy atom. The van der Waals surface area contributed by atoms with Crippen LogP contribution in [0.25, 0.3) is 10.9 Å². The molecule has 6 N–H and O–H groups in total. The molecule has 9 heteroatoms. The van der Waals surface area contributed by atoms with E-state index in [-0.39, 0.29) is 35.9 Å². The van der Waals surface area contributed by atoms with Crippen molar-refractivity contribution >= 4 is 28.6 Å². The number of carbonyl (C=O) groups excluding carboxylic acids is 1. The van der Waals surface area contributed by atoms with Gasteiger partial charge in [0.05, 0.1) is 30.3 Å². The number of nitrogens with zero attached hydrogens (tertiary/aromatic N) is 3. The van der Waals surface area contributed by atoms with E-state index in [1.807, 2.05) is 39.0 Å². The summed E-state index contributed by atoms with van der Waals surface area (Å²) in [6.45, 7) is 6.75. The summed E-state index contributed by atoms with van der Waals surface area (Å²) in [6.07, 6.45) is 4.10. The van der Waals surface area contributed by atoms with Crippen molar-refractivity contribution in [2.45, 2.75) is 64.6 Å². The van der Waals surface area contributed by atoms with Crippen molar-refractivity contribution in [2.24, 2.45) is 16.5 Å². The van der Waals surface area contributed by atoms with Gasteiger partial charge >= 0.3 is 0 Å². The van der Waals surface area contributed by atoms with Crippen molar-refractivity contribution in [1.29, 1.82) is 0 Å². The number of aromatic nitrogens is 2. The van der Waals surface area contributed by atoms with E-state index in [0.29, 0.717) is 24.5 Å². The summed E-state index contributed by atoms with van der Waals surface area (Å²) in [4.78, 5) is 26.1. The van der Waals surface area contributed by atoms with Gasteiger partial charge in [-0.1, -0.05) is 24.5 Å². The van der Waals surface area contributed by atoms with Crippen LogP contribution in [0.15, 0.2) is 23.2 Å². The highest BCUT2D eigenvalue weighted by Crippen LogP contribution is 2.28. The first kappa shape index (κ1) is 22.7. The fourth-order valence-corrected chi connectivity index (χ4v) is 3.79. The van der Waals surface area contributed by atoms with Crippen molar-refractivity contribution in [1.82, 2.24) is 15.3 Å². The highest BCUT2D eigenvalue weighted by Gasteiger charge is 2.26. The Morgan fingerprint density at radius 1 is 1.26 bits per heavy atom. The molecule has 0 bridgehead atoms. The summed E-state index contributed by atoms with van der Waals surface area (Å²) < 4.78 is 5.48. The molecule has 168 valence electrons. The number of carbonyl (C=O) groups is 1. The molecule has 2 aromatic rings. The lowest BCUT2D eigenvalue weighted by Crippen LogP contribution is -2.38. The molecule has 0 saturated heterocycles. The van der Waals surface area contributed by atoms with Crippen molar-refractivity contribution in [3.63, 3.8) is 0 Å². The number of hydrogen-bond acceptors (Lipinski definition) is 6. The van der Waals surface area contributed by atoms with Crippen LogP contribution in [0.3, 0.4) is 0 Å². The van der Waals surface area contributed by atoms with Crippen molar-refractivity contribution in [2.75, 3.05) is 18.5 Å². The smallest absolute Gasteiger partial charge is 0.289 e. The maximum absolute atomic E-state index is 12.7. The largest absolute Gasteiger partial charge is 0.377 e. The normalized spacial score (nSPS) is 18.7. The second-order valence-corrected chi connectivity index (χ2v) is 8.25. The van der Waals surface area contributed by atoms with E-state index >= 15 is 0 Å². The average molecular weight is 428 g/mol. The first-order chi connectivity index (χ1) is 14.8. The number of nitrogens with two attached hydrogens (primary N) is 2. The fraction of sp³-hybridized carbons (Fsp3) is 0.545. The molecular weight excluding hydrogens is 394 g/mol. The van der Waals surface area contributed by atoms with Gasteiger partial charge in [-0.25, -0.2) is 15.0 Å². The zero-order chi connectivity index (χ0) is 22.4. The molecule has 1 aliphatic carbocycles. The van der Waals surface area contributed by atoms with Crippen LogP contribution in [0.2, 0.25) is 0 Å². The molecule has 3 rings (SSSR count). The van der Waals surface area contributed by atoms with Crippen molar-refractivity contribution in [3.05, 3.63) is 29.6 Å². The molecule has 1 fully saturated rings. The minimum Gasteiger partial charge on any atom is -0.377 e. The van der Waals surface area contributed by atoms with Crippen LogP contribution in [0.5, 0.6) is 0 Å². The highest BCUT2D eigenvalue weighted by molar-refractivity contribution is 5.96. The Balaban J connectivity index is 1.87. The molecule has 1 aromatic heterocycles. The molecule has 0 unspecified atom stereocenters. The van der Waals surface area contributed by atoms with E-state index in [0.717, 1.165) is 36.6 Å². The van der Waals surface area contributed by atoms with E-state index in [2.05, 4.69) is 25.6 Å². The number of ether oxygens (including phenoxy) is 1. The highest BCUT2D eigenvalue weighted by atomic mass is 16.5. The average Bonchev–Trinajstić information content (AvgIpc) is 2.72. The third-order valence-corrected chi connectivity index (χ3v) is 5.26. The van der Waals surface area contributed by atoms with E-state index < -0.39 is 0 Å². The second kappa shape index (κ2) is 10.4. The Hall–Kier alpha value is -2.94. The molecule has 9 nitrogen and oxygen atoms in total. The summed E-state index contributed by atoms with van der Waals surface area (Å²) in [7, 11) is 0. The van der Waals surface area contributed by atoms with Crippen LogP contribution >= 0.6 is 0 Å². The SMILES string of the molecule is Cc1ccc2nc(C(=O)NCCOC(C)C)nc(N[C@H]3CCCC[C@H]3N=C(N)N)c2c1. The summed E-state index contributed by atoms with van der Waals surface area (Å²) >= 11 is 0. The molecule has 1 amide bonds. The predicted octanol–water partition coefficient (Wildman–Crippen LogP) is 2.09. The monoisotopic (exact) mass is 427 g/mol.